The molecule has 1 aliphatic heterocycles. The van der Waals surface area contributed by atoms with Crippen molar-refractivity contribution in [3.05, 3.63) is 65.5 Å². The molecule has 26 heavy (non-hydrogen) atoms. The lowest BCUT2D eigenvalue weighted by Crippen LogP contribution is -2.51. The summed E-state index contributed by atoms with van der Waals surface area (Å²) in [7, 11) is 0. The molecule has 2 aromatic rings. The van der Waals surface area contributed by atoms with Crippen LogP contribution in [0.3, 0.4) is 0 Å². The zero-order valence-electron chi connectivity index (χ0n) is 14.4. The van der Waals surface area contributed by atoms with E-state index >= 15 is 0 Å². The topological polar surface area (TPSA) is 53.5 Å². The molecule has 0 radical (unpaired) electrons. The zero-order valence-corrected chi connectivity index (χ0v) is 14.4. The van der Waals surface area contributed by atoms with Crippen LogP contribution in [-0.2, 0) is 4.79 Å². The van der Waals surface area contributed by atoms with Crippen molar-refractivity contribution in [2.75, 3.05) is 26.2 Å². The van der Waals surface area contributed by atoms with E-state index in [-0.39, 0.29) is 24.9 Å². The Labute approximate surface area is 150 Å². The maximum Gasteiger partial charge on any atom is 0.259 e. The summed E-state index contributed by atoms with van der Waals surface area (Å²) in [5, 5.41) is 0. The number of carbonyl (C=O) groups excluding carboxylic acids is 2. The molecule has 1 aromatic heterocycles. The van der Waals surface area contributed by atoms with Crippen molar-refractivity contribution in [1.29, 1.82) is 0 Å². The van der Waals surface area contributed by atoms with Crippen molar-refractivity contribution in [2.24, 2.45) is 0 Å². The maximum absolute atomic E-state index is 13.8. The number of benzene rings is 1. The van der Waals surface area contributed by atoms with Gasteiger partial charge < -0.3 is 9.80 Å². The Kier molecular flexibility index (Phi) is 5.25. The summed E-state index contributed by atoms with van der Waals surface area (Å²) in [6, 6.07) is 6.96. The first-order valence-electron chi connectivity index (χ1n) is 8.41. The van der Waals surface area contributed by atoms with Crippen molar-refractivity contribution >= 4 is 11.8 Å². The van der Waals surface area contributed by atoms with Gasteiger partial charge in [0.05, 0.1) is 5.92 Å². The Bertz CT molecular complexity index is 785. The Morgan fingerprint density at radius 1 is 1.00 bits per heavy atom. The first-order chi connectivity index (χ1) is 12.5. The normalized spacial score (nSPS) is 15.7. The van der Waals surface area contributed by atoms with Crippen LogP contribution >= 0.6 is 0 Å². The second-order valence-electron chi connectivity index (χ2n) is 6.22. The molecule has 2 amide bonds. The van der Waals surface area contributed by atoms with E-state index in [4.69, 9.17) is 0 Å². The largest absolute Gasteiger partial charge is 0.339 e. The van der Waals surface area contributed by atoms with Gasteiger partial charge in [0, 0.05) is 38.6 Å². The highest BCUT2D eigenvalue weighted by molar-refractivity contribution is 5.95. The number of amides is 2. The molecule has 1 unspecified atom stereocenters. The van der Waals surface area contributed by atoms with Gasteiger partial charge in [-0.1, -0.05) is 12.1 Å². The van der Waals surface area contributed by atoms with Crippen LogP contribution in [0.25, 0.3) is 0 Å². The van der Waals surface area contributed by atoms with E-state index in [2.05, 4.69) is 4.98 Å². The Morgan fingerprint density at radius 2 is 1.62 bits per heavy atom. The summed E-state index contributed by atoms with van der Waals surface area (Å²) >= 11 is 0. The Morgan fingerprint density at radius 3 is 2.19 bits per heavy atom. The number of carbonyl (C=O) groups is 2. The number of halogens is 2. The average molecular weight is 359 g/mol. The molecule has 1 fully saturated rings. The average Bonchev–Trinajstić information content (AvgIpc) is 2.67. The van der Waals surface area contributed by atoms with Crippen molar-refractivity contribution in [3.8, 4) is 0 Å². The summed E-state index contributed by atoms with van der Waals surface area (Å²) in [6.07, 6.45) is 3.30. The van der Waals surface area contributed by atoms with Crippen molar-refractivity contribution in [1.82, 2.24) is 14.8 Å². The second-order valence-corrected chi connectivity index (χ2v) is 6.22. The van der Waals surface area contributed by atoms with Crippen LogP contribution in [-0.4, -0.2) is 52.8 Å². The first kappa shape index (κ1) is 18.0. The Balaban J connectivity index is 1.64. The molecule has 0 aliphatic carbocycles. The third-order valence-electron chi connectivity index (χ3n) is 4.61. The fourth-order valence-electron chi connectivity index (χ4n) is 3.04. The summed E-state index contributed by atoms with van der Waals surface area (Å²) in [5.74, 6) is -2.83. The molecule has 0 N–H and O–H groups in total. The quantitative estimate of drug-likeness (QED) is 0.846. The van der Waals surface area contributed by atoms with Gasteiger partial charge in [-0.25, -0.2) is 8.78 Å². The van der Waals surface area contributed by atoms with E-state index in [1.807, 2.05) is 13.0 Å². The summed E-state index contributed by atoms with van der Waals surface area (Å²) in [4.78, 5) is 32.1. The highest BCUT2D eigenvalue weighted by Gasteiger charge is 2.30. The van der Waals surface area contributed by atoms with E-state index in [1.165, 1.54) is 11.0 Å². The van der Waals surface area contributed by atoms with Crippen LogP contribution in [0.4, 0.5) is 8.78 Å². The molecule has 2 heterocycles. The molecule has 1 saturated heterocycles. The van der Waals surface area contributed by atoms with Gasteiger partial charge in [0.1, 0.15) is 17.2 Å². The number of rotatable bonds is 3. The van der Waals surface area contributed by atoms with Crippen LogP contribution in [0.5, 0.6) is 0 Å². The molecule has 0 bridgehead atoms. The number of pyridine rings is 1. The summed E-state index contributed by atoms with van der Waals surface area (Å²) < 4.78 is 27.6. The SMILES string of the molecule is CC(C(=O)N1CCN(C(=O)c2c(F)cccc2F)CC1)c1cccnc1. The molecule has 5 nitrogen and oxygen atoms in total. The first-order valence-corrected chi connectivity index (χ1v) is 8.41. The van der Waals surface area contributed by atoms with E-state index in [1.54, 1.807) is 23.4 Å². The van der Waals surface area contributed by atoms with Gasteiger partial charge >= 0.3 is 0 Å². The van der Waals surface area contributed by atoms with E-state index in [9.17, 15) is 18.4 Å². The molecule has 3 rings (SSSR count). The van der Waals surface area contributed by atoms with E-state index in [0.717, 1.165) is 17.7 Å². The van der Waals surface area contributed by atoms with Gasteiger partial charge in [-0.3, -0.25) is 14.6 Å². The lowest BCUT2D eigenvalue weighted by molar-refractivity contribution is -0.133. The summed E-state index contributed by atoms with van der Waals surface area (Å²) in [6.45, 7) is 2.93. The van der Waals surface area contributed by atoms with Gasteiger partial charge in [-0.15, -0.1) is 0 Å². The highest BCUT2D eigenvalue weighted by atomic mass is 19.1. The monoisotopic (exact) mass is 359 g/mol. The minimum absolute atomic E-state index is 0.0535. The van der Waals surface area contributed by atoms with Gasteiger partial charge in [-0.2, -0.15) is 0 Å². The minimum atomic E-state index is -0.876. The van der Waals surface area contributed by atoms with Crippen LogP contribution in [0, 0.1) is 11.6 Å². The van der Waals surface area contributed by atoms with Gasteiger partial charge in [0.15, 0.2) is 0 Å². The van der Waals surface area contributed by atoms with E-state index in [0.29, 0.717) is 13.1 Å². The van der Waals surface area contributed by atoms with Crippen LogP contribution in [0.15, 0.2) is 42.7 Å². The van der Waals surface area contributed by atoms with Gasteiger partial charge in [0.25, 0.3) is 5.91 Å². The predicted molar refractivity (Wildman–Crippen MR) is 91.5 cm³/mol. The molecule has 7 heteroatoms. The van der Waals surface area contributed by atoms with Crippen molar-refractivity contribution in [2.45, 2.75) is 12.8 Å². The number of hydrogen-bond acceptors (Lipinski definition) is 3. The fraction of sp³-hybridized carbons (Fsp3) is 0.316. The molecular weight excluding hydrogens is 340 g/mol. The van der Waals surface area contributed by atoms with Gasteiger partial charge in [-0.05, 0) is 30.7 Å². The highest BCUT2D eigenvalue weighted by Crippen LogP contribution is 2.20. The zero-order chi connectivity index (χ0) is 18.7. The lowest BCUT2D eigenvalue weighted by atomic mass is 10.0. The van der Waals surface area contributed by atoms with Crippen LogP contribution in [0.1, 0.15) is 28.8 Å². The molecule has 1 atom stereocenters. The second kappa shape index (κ2) is 7.59. The third kappa shape index (κ3) is 3.56. The third-order valence-corrected chi connectivity index (χ3v) is 4.61. The maximum atomic E-state index is 13.8. The predicted octanol–water partition coefficient (Wildman–Crippen LogP) is 2.45. The molecule has 0 saturated carbocycles. The molecule has 1 aliphatic rings. The molecule has 136 valence electrons. The van der Waals surface area contributed by atoms with Crippen molar-refractivity contribution < 1.29 is 18.4 Å². The standard InChI is InChI=1S/C19H19F2N3O2/c1-13(14-4-3-7-22-12-14)18(25)23-8-10-24(11-9-23)19(26)17-15(20)5-2-6-16(17)21/h2-7,12-13H,8-11H2,1H3. The van der Waals surface area contributed by atoms with Gasteiger partial charge in [0.2, 0.25) is 5.91 Å². The number of aromatic nitrogens is 1. The molecule has 0 spiro atoms. The smallest absolute Gasteiger partial charge is 0.259 e. The van der Waals surface area contributed by atoms with Crippen LogP contribution < -0.4 is 0 Å². The number of hydrogen-bond donors (Lipinski definition) is 0. The lowest BCUT2D eigenvalue weighted by Gasteiger charge is -2.36. The number of piperazine rings is 1. The minimum Gasteiger partial charge on any atom is -0.339 e. The summed E-state index contributed by atoms with van der Waals surface area (Å²) in [5.41, 5.74) is 0.278. The molecule has 1 aromatic carbocycles. The Hall–Kier alpha value is -2.83. The van der Waals surface area contributed by atoms with Crippen LogP contribution in [0.2, 0.25) is 0 Å². The fourth-order valence-corrected chi connectivity index (χ4v) is 3.04. The van der Waals surface area contributed by atoms with Crippen molar-refractivity contribution in [3.63, 3.8) is 0 Å². The number of nitrogens with zero attached hydrogens (tertiary/aromatic N) is 3. The molecular formula is C19H19F2N3O2. The van der Waals surface area contributed by atoms with E-state index < -0.39 is 23.1 Å².